The lowest BCUT2D eigenvalue weighted by molar-refractivity contribution is 0.425. The van der Waals surface area contributed by atoms with Crippen LogP contribution in [0, 0.1) is 0 Å². The number of nitrogen functional groups attached to an aromatic ring is 1. The van der Waals surface area contributed by atoms with Gasteiger partial charge in [0.2, 0.25) is 0 Å². The number of benzene rings is 1. The Morgan fingerprint density at radius 2 is 2.00 bits per heavy atom. The molecule has 0 aliphatic rings. The van der Waals surface area contributed by atoms with E-state index in [-0.39, 0.29) is 0 Å². The van der Waals surface area contributed by atoms with Gasteiger partial charge in [-0.15, -0.1) is 11.8 Å². The fourth-order valence-electron chi connectivity index (χ4n) is 1.69. The van der Waals surface area contributed by atoms with E-state index in [2.05, 4.69) is 15.1 Å². The van der Waals surface area contributed by atoms with Gasteiger partial charge in [-0.2, -0.15) is 4.98 Å². The van der Waals surface area contributed by atoms with E-state index in [4.69, 9.17) is 10.3 Å². The van der Waals surface area contributed by atoms with Gasteiger partial charge in [-0.05, 0) is 18.2 Å². The number of thioether (sulfide) groups is 1. The lowest BCUT2D eigenvalue weighted by Crippen LogP contribution is -1.91. The number of rotatable bonds is 4. The molecule has 0 bridgehead atoms. The molecule has 0 amide bonds. The number of hydrogen-bond acceptors (Lipinski definition) is 6. The van der Waals surface area contributed by atoms with Gasteiger partial charge in [-0.1, -0.05) is 23.4 Å². The minimum absolute atomic E-state index is 0.425. The first-order valence-corrected chi connectivity index (χ1v) is 7.02. The second-order valence-electron chi connectivity index (χ2n) is 4.08. The zero-order valence-electron chi connectivity index (χ0n) is 10.6. The monoisotopic (exact) mass is 284 g/mol. The average Bonchev–Trinajstić information content (AvgIpc) is 2.95. The van der Waals surface area contributed by atoms with Gasteiger partial charge >= 0.3 is 0 Å². The maximum absolute atomic E-state index is 5.83. The molecule has 6 heteroatoms. The van der Waals surface area contributed by atoms with E-state index in [9.17, 15) is 0 Å². The molecule has 0 aliphatic heterocycles. The van der Waals surface area contributed by atoms with Gasteiger partial charge in [0.1, 0.15) is 0 Å². The summed E-state index contributed by atoms with van der Waals surface area (Å²) in [6.07, 6.45) is 3.21. The molecule has 0 spiro atoms. The Morgan fingerprint density at radius 1 is 1.15 bits per heavy atom. The summed E-state index contributed by atoms with van der Waals surface area (Å²) in [7, 11) is 0. The Balaban J connectivity index is 1.73. The molecule has 0 saturated heterocycles. The molecule has 2 N–H and O–H groups in total. The first kappa shape index (κ1) is 12.7. The van der Waals surface area contributed by atoms with Gasteiger partial charge in [0.05, 0.1) is 23.2 Å². The fraction of sp³-hybridized carbons (Fsp3) is 0.0714. The van der Waals surface area contributed by atoms with Crippen LogP contribution in [-0.4, -0.2) is 15.1 Å². The summed E-state index contributed by atoms with van der Waals surface area (Å²) in [5.74, 6) is 1.72. The van der Waals surface area contributed by atoms with E-state index in [0.29, 0.717) is 28.7 Å². The molecule has 0 atom stereocenters. The quantitative estimate of drug-likeness (QED) is 0.742. The average molecular weight is 284 g/mol. The summed E-state index contributed by atoms with van der Waals surface area (Å²) in [6.45, 7) is 0. The Kier molecular flexibility index (Phi) is 3.64. The van der Waals surface area contributed by atoms with E-state index < -0.39 is 0 Å². The van der Waals surface area contributed by atoms with E-state index in [0.717, 1.165) is 0 Å². The van der Waals surface area contributed by atoms with Crippen LogP contribution in [0.4, 0.5) is 5.69 Å². The lowest BCUT2D eigenvalue weighted by atomic mass is 10.2. The summed E-state index contributed by atoms with van der Waals surface area (Å²) in [5, 5.41) is 3.97. The third-order valence-corrected chi connectivity index (χ3v) is 3.67. The van der Waals surface area contributed by atoms with Crippen molar-refractivity contribution in [1.29, 1.82) is 0 Å². The van der Waals surface area contributed by atoms with Crippen LogP contribution in [0.5, 0.6) is 0 Å². The molecule has 2 aromatic heterocycles. The zero-order chi connectivity index (χ0) is 13.8. The van der Waals surface area contributed by atoms with Gasteiger partial charge in [-0.3, -0.25) is 4.98 Å². The number of aromatic nitrogens is 3. The Labute approximate surface area is 120 Å². The molecule has 0 radical (unpaired) electrons. The van der Waals surface area contributed by atoms with Crippen molar-refractivity contribution in [3.63, 3.8) is 0 Å². The van der Waals surface area contributed by atoms with Crippen molar-refractivity contribution >= 4 is 17.4 Å². The second-order valence-corrected chi connectivity index (χ2v) is 5.13. The van der Waals surface area contributed by atoms with Crippen molar-refractivity contribution < 1.29 is 4.52 Å². The highest BCUT2D eigenvalue weighted by Gasteiger charge is 2.11. The van der Waals surface area contributed by atoms with Crippen molar-refractivity contribution in [2.75, 3.05) is 5.73 Å². The van der Waals surface area contributed by atoms with Gasteiger partial charge in [0.15, 0.2) is 5.82 Å². The molecule has 0 saturated carbocycles. The molecule has 100 valence electrons. The largest absolute Gasteiger partial charge is 0.397 e. The smallest absolute Gasteiger partial charge is 0.260 e. The third kappa shape index (κ3) is 2.80. The molecule has 0 fully saturated rings. The first-order chi connectivity index (χ1) is 9.83. The summed E-state index contributed by atoms with van der Waals surface area (Å²) in [4.78, 5) is 9.45. The molecule has 3 aromatic rings. The van der Waals surface area contributed by atoms with Crippen LogP contribution in [0.3, 0.4) is 0 Å². The standard InChI is InChI=1S/C14H12N4OS/c15-12-8-16-7-6-11(12)14-17-13(18-19-14)9-20-10-4-2-1-3-5-10/h1-8H,9,15H2. The zero-order valence-corrected chi connectivity index (χ0v) is 11.4. The van der Waals surface area contributed by atoms with Crippen molar-refractivity contribution in [3.05, 3.63) is 54.6 Å². The van der Waals surface area contributed by atoms with Crippen molar-refractivity contribution in [2.45, 2.75) is 10.6 Å². The maximum Gasteiger partial charge on any atom is 0.260 e. The van der Waals surface area contributed by atoms with E-state index in [1.807, 2.05) is 30.3 Å². The highest BCUT2D eigenvalue weighted by atomic mass is 32.2. The highest BCUT2D eigenvalue weighted by molar-refractivity contribution is 7.98. The van der Waals surface area contributed by atoms with Crippen molar-refractivity contribution in [1.82, 2.24) is 15.1 Å². The molecule has 5 nitrogen and oxygen atoms in total. The minimum atomic E-state index is 0.425. The highest BCUT2D eigenvalue weighted by Crippen LogP contribution is 2.25. The molecule has 2 heterocycles. The first-order valence-electron chi connectivity index (χ1n) is 6.03. The summed E-state index contributed by atoms with van der Waals surface area (Å²) < 4.78 is 5.24. The predicted molar refractivity (Wildman–Crippen MR) is 77.9 cm³/mol. The molecule has 0 aliphatic carbocycles. The number of nitrogens with two attached hydrogens (primary N) is 1. The molecule has 3 rings (SSSR count). The van der Waals surface area contributed by atoms with Crippen LogP contribution in [-0.2, 0) is 5.75 Å². The minimum Gasteiger partial charge on any atom is -0.397 e. The lowest BCUT2D eigenvalue weighted by Gasteiger charge is -1.97. The number of hydrogen-bond donors (Lipinski definition) is 1. The van der Waals surface area contributed by atoms with E-state index in [1.54, 1.807) is 30.2 Å². The van der Waals surface area contributed by atoms with Crippen molar-refractivity contribution in [3.8, 4) is 11.5 Å². The third-order valence-electron chi connectivity index (χ3n) is 2.66. The number of anilines is 1. The van der Waals surface area contributed by atoms with E-state index in [1.165, 1.54) is 4.90 Å². The van der Waals surface area contributed by atoms with Gasteiger partial charge < -0.3 is 10.3 Å². The second kappa shape index (κ2) is 5.75. The summed E-state index contributed by atoms with van der Waals surface area (Å²) in [6, 6.07) is 11.8. The summed E-state index contributed by atoms with van der Waals surface area (Å²) in [5.41, 5.74) is 7.07. The SMILES string of the molecule is Nc1cnccc1-c1nc(CSc2ccccc2)no1. The Hall–Kier alpha value is -2.34. The Bertz CT molecular complexity index is 699. The van der Waals surface area contributed by atoms with Gasteiger partial charge in [-0.25, -0.2) is 0 Å². The molecule has 1 aromatic carbocycles. The van der Waals surface area contributed by atoms with Gasteiger partial charge in [0.25, 0.3) is 5.89 Å². The maximum atomic E-state index is 5.83. The fourth-order valence-corrected chi connectivity index (χ4v) is 2.45. The van der Waals surface area contributed by atoms with Crippen LogP contribution >= 0.6 is 11.8 Å². The van der Waals surface area contributed by atoms with Crippen LogP contribution in [0.25, 0.3) is 11.5 Å². The van der Waals surface area contributed by atoms with Crippen molar-refractivity contribution in [2.24, 2.45) is 0 Å². The normalized spacial score (nSPS) is 10.6. The molecule has 0 unspecified atom stereocenters. The summed E-state index contributed by atoms with van der Waals surface area (Å²) >= 11 is 1.66. The predicted octanol–water partition coefficient (Wildman–Crippen LogP) is 3.01. The van der Waals surface area contributed by atoms with Crippen LogP contribution in [0.1, 0.15) is 5.82 Å². The van der Waals surface area contributed by atoms with Crippen LogP contribution in [0.15, 0.2) is 58.2 Å². The molecular formula is C14H12N4OS. The molecular weight excluding hydrogens is 272 g/mol. The van der Waals surface area contributed by atoms with Gasteiger partial charge in [0, 0.05) is 11.1 Å². The molecule has 20 heavy (non-hydrogen) atoms. The van der Waals surface area contributed by atoms with Crippen LogP contribution in [0.2, 0.25) is 0 Å². The topological polar surface area (TPSA) is 77.8 Å². The Morgan fingerprint density at radius 3 is 2.80 bits per heavy atom. The number of nitrogens with zero attached hydrogens (tertiary/aromatic N) is 3. The number of pyridine rings is 1. The van der Waals surface area contributed by atoms with E-state index >= 15 is 0 Å². The van der Waals surface area contributed by atoms with Crippen LogP contribution < -0.4 is 5.73 Å².